The van der Waals surface area contributed by atoms with Crippen LogP contribution in [-0.4, -0.2) is 18.2 Å². The summed E-state index contributed by atoms with van der Waals surface area (Å²) in [6.45, 7) is 8.30. The van der Waals surface area contributed by atoms with Crippen LogP contribution in [0.2, 0.25) is 0 Å². The van der Waals surface area contributed by atoms with Crippen molar-refractivity contribution in [1.29, 1.82) is 0 Å². The second kappa shape index (κ2) is 8.81. The Kier molecular flexibility index (Phi) is 6.75. The summed E-state index contributed by atoms with van der Waals surface area (Å²) < 4.78 is 4.83. The van der Waals surface area contributed by atoms with E-state index in [1.807, 2.05) is 31.2 Å². The van der Waals surface area contributed by atoms with Crippen LogP contribution in [0.1, 0.15) is 46.9 Å². The highest BCUT2D eigenvalue weighted by Crippen LogP contribution is 2.25. The molecule has 0 aliphatic rings. The Bertz CT molecular complexity index is 802. The van der Waals surface area contributed by atoms with Crippen molar-refractivity contribution in [2.45, 2.75) is 33.7 Å². The van der Waals surface area contributed by atoms with Crippen LogP contribution in [0.5, 0.6) is 0 Å². The maximum Gasteiger partial charge on any atom is 0.338 e. The van der Waals surface area contributed by atoms with Crippen LogP contribution >= 0.6 is 12.2 Å². The third-order valence-corrected chi connectivity index (χ3v) is 4.68. The molecule has 138 valence electrons. The number of thiocarbonyl (C=S) groups is 1. The lowest BCUT2D eigenvalue weighted by Crippen LogP contribution is -2.35. The van der Waals surface area contributed by atoms with Crippen molar-refractivity contribution in [3.05, 3.63) is 64.7 Å². The number of carbonyl (C=O) groups excluding carboxylic acids is 1. The quantitative estimate of drug-likeness (QED) is 0.586. The van der Waals surface area contributed by atoms with Gasteiger partial charge in [0, 0.05) is 5.69 Å². The summed E-state index contributed by atoms with van der Waals surface area (Å²) in [7, 11) is 1.38. The lowest BCUT2D eigenvalue weighted by molar-refractivity contribution is 0.0600. The SMILES string of the molecule is COC(=O)c1cccc(NC(=S)N[C@@H](c2ccccc2C)C(C)C)c1C. The Labute approximate surface area is 161 Å². The molecule has 0 radical (unpaired) electrons. The van der Waals surface area contributed by atoms with E-state index in [1.54, 1.807) is 6.07 Å². The molecule has 0 aliphatic carbocycles. The van der Waals surface area contributed by atoms with Crippen molar-refractivity contribution in [2.24, 2.45) is 5.92 Å². The fourth-order valence-corrected chi connectivity index (χ4v) is 3.18. The molecule has 0 saturated heterocycles. The molecule has 4 nitrogen and oxygen atoms in total. The van der Waals surface area contributed by atoms with E-state index in [4.69, 9.17) is 17.0 Å². The van der Waals surface area contributed by atoms with Gasteiger partial charge in [0.05, 0.1) is 18.7 Å². The second-order valence-electron chi connectivity index (χ2n) is 6.65. The van der Waals surface area contributed by atoms with Crippen LogP contribution in [0.15, 0.2) is 42.5 Å². The number of anilines is 1. The molecule has 0 amide bonds. The molecule has 5 heteroatoms. The molecule has 2 aromatic rings. The lowest BCUT2D eigenvalue weighted by Gasteiger charge is -2.26. The van der Waals surface area contributed by atoms with Gasteiger partial charge in [-0.25, -0.2) is 4.79 Å². The minimum atomic E-state index is -0.356. The molecule has 2 aromatic carbocycles. The van der Waals surface area contributed by atoms with Crippen LogP contribution in [0.4, 0.5) is 5.69 Å². The average Bonchev–Trinajstić information content (AvgIpc) is 2.61. The average molecular weight is 371 g/mol. The topological polar surface area (TPSA) is 50.4 Å². The zero-order valence-corrected chi connectivity index (χ0v) is 16.7. The van der Waals surface area contributed by atoms with Gasteiger partial charge in [-0.05, 0) is 60.8 Å². The molecule has 0 aliphatic heterocycles. The number of esters is 1. The Morgan fingerprint density at radius 2 is 1.77 bits per heavy atom. The van der Waals surface area contributed by atoms with Crippen LogP contribution in [0, 0.1) is 19.8 Å². The van der Waals surface area contributed by atoms with Gasteiger partial charge in [-0.1, -0.05) is 44.2 Å². The molecule has 0 unspecified atom stereocenters. The normalized spacial score (nSPS) is 11.8. The van der Waals surface area contributed by atoms with Crippen molar-refractivity contribution >= 4 is 29.0 Å². The highest BCUT2D eigenvalue weighted by molar-refractivity contribution is 7.80. The van der Waals surface area contributed by atoms with E-state index >= 15 is 0 Å². The summed E-state index contributed by atoms with van der Waals surface area (Å²) in [5.74, 6) is 0.00310. The fourth-order valence-electron chi connectivity index (χ4n) is 2.94. The molecule has 2 N–H and O–H groups in total. The first-order valence-electron chi connectivity index (χ1n) is 8.66. The first kappa shape index (κ1) is 19.9. The maximum atomic E-state index is 11.9. The van der Waals surface area contributed by atoms with Gasteiger partial charge in [-0.2, -0.15) is 0 Å². The number of benzene rings is 2. The Hall–Kier alpha value is -2.40. The van der Waals surface area contributed by atoms with Gasteiger partial charge in [0.1, 0.15) is 0 Å². The number of nitrogens with one attached hydrogen (secondary N) is 2. The van der Waals surface area contributed by atoms with Crippen molar-refractivity contribution < 1.29 is 9.53 Å². The van der Waals surface area contributed by atoms with Crippen molar-refractivity contribution in [1.82, 2.24) is 5.32 Å². The molecule has 0 aromatic heterocycles. The van der Waals surface area contributed by atoms with Crippen molar-refractivity contribution in [2.75, 3.05) is 12.4 Å². The minimum Gasteiger partial charge on any atom is -0.465 e. The molecule has 0 fully saturated rings. The van der Waals surface area contributed by atoms with Gasteiger partial charge in [-0.3, -0.25) is 0 Å². The van der Waals surface area contributed by atoms with E-state index < -0.39 is 0 Å². The van der Waals surface area contributed by atoms with Crippen LogP contribution in [0.3, 0.4) is 0 Å². The molecule has 26 heavy (non-hydrogen) atoms. The standard InChI is InChI=1S/C21H26N2O2S/c1-13(2)19(16-10-7-6-9-14(16)3)23-21(26)22-18-12-8-11-17(15(18)4)20(24)25-5/h6-13,19H,1-5H3,(H2,22,23,26)/t19-/m1/s1. The molecular weight excluding hydrogens is 344 g/mol. The number of hydrogen-bond acceptors (Lipinski definition) is 3. The molecule has 1 atom stereocenters. The highest BCUT2D eigenvalue weighted by Gasteiger charge is 2.19. The first-order chi connectivity index (χ1) is 12.3. The van der Waals surface area contributed by atoms with E-state index in [0.29, 0.717) is 16.6 Å². The second-order valence-corrected chi connectivity index (χ2v) is 7.05. The summed E-state index contributed by atoms with van der Waals surface area (Å²) in [6, 6.07) is 13.9. The molecular formula is C21H26N2O2S. The molecule has 0 spiro atoms. The number of rotatable bonds is 5. The van der Waals surface area contributed by atoms with E-state index in [2.05, 4.69) is 43.5 Å². The van der Waals surface area contributed by atoms with Gasteiger partial charge in [0.15, 0.2) is 5.11 Å². The number of aryl methyl sites for hydroxylation is 1. The largest absolute Gasteiger partial charge is 0.465 e. The Balaban J connectivity index is 2.20. The maximum absolute atomic E-state index is 11.9. The summed E-state index contributed by atoms with van der Waals surface area (Å²) >= 11 is 5.53. The monoisotopic (exact) mass is 370 g/mol. The van der Waals surface area contributed by atoms with E-state index in [1.165, 1.54) is 18.2 Å². The molecule has 0 saturated carbocycles. The molecule has 0 bridgehead atoms. The smallest absolute Gasteiger partial charge is 0.338 e. The van der Waals surface area contributed by atoms with E-state index in [9.17, 15) is 4.79 Å². The highest BCUT2D eigenvalue weighted by atomic mass is 32.1. The first-order valence-corrected chi connectivity index (χ1v) is 9.07. The zero-order valence-electron chi connectivity index (χ0n) is 15.9. The van der Waals surface area contributed by atoms with Gasteiger partial charge in [-0.15, -0.1) is 0 Å². The van der Waals surface area contributed by atoms with Gasteiger partial charge >= 0.3 is 5.97 Å². The number of methoxy groups -OCH3 is 1. The summed E-state index contributed by atoms with van der Waals surface area (Å²) in [4.78, 5) is 11.9. The lowest BCUT2D eigenvalue weighted by atomic mass is 9.93. The predicted octanol–water partition coefficient (Wildman–Crippen LogP) is 4.77. The third kappa shape index (κ3) is 4.61. The summed E-state index contributed by atoms with van der Waals surface area (Å²) in [5, 5.41) is 7.16. The Morgan fingerprint density at radius 3 is 2.38 bits per heavy atom. The van der Waals surface area contributed by atoms with Crippen LogP contribution in [0.25, 0.3) is 0 Å². The number of carbonyl (C=O) groups is 1. The Morgan fingerprint density at radius 1 is 1.08 bits per heavy atom. The van der Waals surface area contributed by atoms with Gasteiger partial charge < -0.3 is 15.4 Å². The van der Waals surface area contributed by atoms with Gasteiger partial charge in [0.25, 0.3) is 0 Å². The number of ether oxygens (including phenoxy) is 1. The van der Waals surface area contributed by atoms with Gasteiger partial charge in [0.2, 0.25) is 0 Å². The fraction of sp³-hybridized carbons (Fsp3) is 0.333. The third-order valence-electron chi connectivity index (χ3n) is 4.46. The van der Waals surface area contributed by atoms with Crippen LogP contribution < -0.4 is 10.6 Å². The number of hydrogen-bond donors (Lipinski definition) is 2. The van der Waals surface area contributed by atoms with Crippen molar-refractivity contribution in [3.8, 4) is 0 Å². The summed E-state index contributed by atoms with van der Waals surface area (Å²) in [6.07, 6.45) is 0. The molecule has 0 heterocycles. The minimum absolute atomic E-state index is 0.0975. The zero-order chi connectivity index (χ0) is 19.3. The summed E-state index contributed by atoms with van der Waals surface area (Å²) in [5.41, 5.74) is 4.58. The molecule has 2 rings (SSSR count). The predicted molar refractivity (Wildman–Crippen MR) is 111 cm³/mol. The van der Waals surface area contributed by atoms with E-state index in [0.717, 1.165) is 11.3 Å². The van der Waals surface area contributed by atoms with E-state index in [-0.39, 0.29) is 12.0 Å². The van der Waals surface area contributed by atoms with Crippen LogP contribution in [-0.2, 0) is 4.74 Å². The van der Waals surface area contributed by atoms with Crippen molar-refractivity contribution in [3.63, 3.8) is 0 Å².